The van der Waals surface area contributed by atoms with E-state index in [1.54, 1.807) is 6.92 Å². The average Bonchev–Trinajstić information content (AvgIpc) is 2.15. The van der Waals surface area contributed by atoms with Crippen molar-refractivity contribution < 1.29 is 9.53 Å². The molecule has 1 aliphatic heterocycles. The Labute approximate surface area is 83.1 Å². The predicted molar refractivity (Wildman–Crippen MR) is 54.7 cm³/mol. The maximum absolute atomic E-state index is 11.0. The van der Waals surface area contributed by atoms with E-state index < -0.39 is 0 Å². The first-order chi connectivity index (χ1) is 6.20. The van der Waals surface area contributed by atoms with Crippen LogP contribution in [0, 0.1) is 0 Å². The number of ether oxygens (including phenoxy) is 1. The zero-order valence-electron chi connectivity index (χ0n) is 7.91. The third kappa shape index (κ3) is 3.83. The zero-order chi connectivity index (χ0) is 9.68. The maximum atomic E-state index is 11.0. The molecule has 1 rings (SSSR count). The third-order valence-corrected chi connectivity index (χ3v) is 2.77. The van der Waals surface area contributed by atoms with E-state index in [0.717, 1.165) is 24.6 Å². The molecule has 13 heavy (non-hydrogen) atoms. The molecule has 0 amide bonds. The summed E-state index contributed by atoms with van der Waals surface area (Å²) in [4.78, 5) is 13.2. The van der Waals surface area contributed by atoms with Crippen molar-refractivity contribution in [2.75, 3.05) is 31.3 Å². The van der Waals surface area contributed by atoms with E-state index in [4.69, 9.17) is 4.74 Å². The summed E-state index contributed by atoms with van der Waals surface area (Å²) >= 11 is 1.94. The van der Waals surface area contributed by atoms with Gasteiger partial charge in [0.25, 0.3) is 0 Å². The van der Waals surface area contributed by atoms with Crippen LogP contribution in [0.15, 0.2) is 12.2 Å². The zero-order valence-corrected chi connectivity index (χ0v) is 8.73. The monoisotopic (exact) mass is 201 g/mol. The second-order valence-electron chi connectivity index (χ2n) is 3.07. The van der Waals surface area contributed by atoms with E-state index in [1.807, 2.05) is 11.8 Å². The summed E-state index contributed by atoms with van der Waals surface area (Å²) in [6.45, 7) is 7.61. The molecule has 0 aliphatic carbocycles. The minimum absolute atomic E-state index is 0.293. The van der Waals surface area contributed by atoms with Crippen LogP contribution in [0.5, 0.6) is 0 Å². The number of hydrogen-bond acceptors (Lipinski definition) is 4. The molecule has 4 heteroatoms. The number of hydrogen-bond donors (Lipinski definition) is 0. The van der Waals surface area contributed by atoms with Gasteiger partial charge in [-0.15, -0.1) is 0 Å². The molecule has 0 radical (unpaired) electrons. The standard InChI is InChI=1S/C9H15NO2S/c1-8(2)9(11)12-7-10-3-5-13-6-4-10/h1,3-7H2,2H3. The Kier molecular flexibility index (Phi) is 4.32. The Balaban J connectivity index is 2.17. The Morgan fingerprint density at radius 3 is 2.69 bits per heavy atom. The molecule has 0 atom stereocenters. The van der Waals surface area contributed by atoms with Gasteiger partial charge in [-0.2, -0.15) is 11.8 Å². The summed E-state index contributed by atoms with van der Waals surface area (Å²) in [7, 11) is 0. The Morgan fingerprint density at radius 2 is 2.15 bits per heavy atom. The lowest BCUT2D eigenvalue weighted by atomic mass is 10.4. The molecule has 0 N–H and O–H groups in total. The average molecular weight is 201 g/mol. The summed E-state index contributed by atoms with van der Waals surface area (Å²) in [6, 6.07) is 0. The van der Waals surface area contributed by atoms with Crippen LogP contribution in [-0.4, -0.2) is 42.2 Å². The van der Waals surface area contributed by atoms with E-state index >= 15 is 0 Å². The van der Waals surface area contributed by atoms with Crippen molar-refractivity contribution in [2.24, 2.45) is 0 Å². The summed E-state index contributed by atoms with van der Waals surface area (Å²) in [5, 5.41) is 0. The van der Waals surface area contributed by atoms with Gasteiger partial charge in [0.1, 0.15) is 6.73 Å². The lowest BCUT2D eigenvalue weighted by molar-refractivity contribution is -0.143. The number of nitrogens with zero attached hydrogens (tertiary/aromatic N) is 1. The Bertz CT molecular complexity index is 200. The van der Waals surface area contributed by atoms with Gasteiger partial charge in [-0.25, -0.2) is 4.79 Å². The summed E-state index contributed by atoms with van der Waals surface area (Å²) in [5.41, 5.74) is 0.464. The van der Waals surface area contributed by atoms with Crippen LogP contribution in [0.1, 0.15) is 6.92 Å². The molecular formula is C9H15NO2S. The lowest BCUT2D eigenvalue weighted by Gasteiger charge is -2.25. The SMILES string of the molecule is C=C(C)C(=O)OCN1CCSCC1. The summed E-state index contributed by atoms with van der Waals surface area (Å²) in [6.07, 6.45) is 0. The van der Waals surface area contributed by atoms with Crippen LogP contribution in [-0.2, 0) is 9.53 Å². The fraction of sp³-hybridized carbons (Fsp3) is 0.667. The van der Waals surface area contributed by atoms with Crippen LogP contribution in [0.2, 0.25) is 0 Å². The highest BCUT2D eigenvalue weighted by molar-refractivity contribution is 7.99. The highest BCUT2D eigenvalue weighted by atomic mass is 32.2. The van der Waals surface area contributed by atoms with E-state index in [0.29, 0.717) is 12.3 Å². The van der Waals surface area contributed by atoms with Gasteiger partial charge in [0.2, 0.25) is 0 Å². The molecule has 0 aromatic carbocycles. The number of carbonyl (C=O) groups is 1. The van der Waals surface area contributed by atoms with Crippen LogP contribution >= 0.6 is 11.8 Å². The van der Waals surface area contributed by atoms with Gasteiger partial charge in [-0.05, 0) is 6.92 Å². The van der Waals surface area contributed by atoms with Gasteiger partial charge >= 0.3 is 5.97 Å². The van der Waals surface area contributed by atoms with Gasteiger partial charge in [0.05, 0.1) is 0 Å². The maximum Gasteiger partial charge on any atom is 0.334 e. The quantitative estimate of drug-likeness (QED) is 0.505. The van der Waals surface area contributed by atoms with Gasteiger partial charge in [0, 0.05) is 30.2 Å². The molecule has 0 aromatic heterocycles. The van der Waals surface area contributed by atoms with Crippen LogP contribution in [0.25, 0.3) is 0 Å². The van der Waals surface area contributed by atoms with Crippen molar-refractivity contribution in [3.8, 4) is 0 Å². The van der Waals surface area contributed by atoms with Gasteiger partial charge in [0.15, 0.2) is 0 Å². The number of thioether (sulfide) groups is 1. The Hall–Kier alpha value is -0.480. The first-order valence-corrected chi connectivity index (χ1v) is 5.48. The minimum Gasteiger partial charge on any atom is -0.446 e. The molecule has 0 aromatic rings. The fourth-order valence-electron chi connectivity index (χ4n) is 1.00. The molecule has 1 heterocycles. The lowest BCUT2D eigenvalue weighted by Crippen LogP contribution is -2.35. The first-order valence-electron chi connectivity index (χ1n) is 4.33. The molecule has 0 spiro atoms. The third-order valence-electron chi connectivity index (χ3n) is 1.83. The van der Waals surface area contributed by atoms with E-state index in [2.05, 4.69) is 11.5 Å². The van der Waals surface area contributed by atoms with E-state index in [1.165, 1.54) is 0 Å². The highest BCUT2D eigenvalue weighted by Gasteiger charge is 2.12. The second-order valence-corrected chi connectivity index (χ2v) is 4.30. The largest absolute Gasteiger partial charge is 0.446 e. The molecule has 1 fully saturated rings. The van der Waals surface area contributed by atoms with Crippen molar-refractivity contribution in [3.63, 3.8) is 0 Å². The molecule has 0 saturated carbocycles. The summed E-state index contributed by atoms with van der Waals surface area (Å²) in [5.74, 6) is 1.97. The fourth-order valence-corrected chi connectivity index (χ4v) is 1.98. The normalized spacial score (nSPS) is 18.2. The van der Waals surface area contributed by atoms with Gasteiger partial charge in [-0.1, -0.05) is 6.58 Å². The number of rotatable bonds is 3. The van der Waals surface area contributed by atoms with Crippen LogP contribution in [0.3, 0.4) is 0 Å². The van der Waals surface area contributed by atoms with Gasteiger partial charge < -0.3 is 4.74 Å². The molecular weight excluding hydrogens is 186 g/mol. The number of esters is 1. The van der Waals surface area contributed by atoms with Crippen molar-refractivity contribution in [1.29, 1.82) is 0 Å². The van der Waals surface area contributed by atoms with Crippen LogP contribution < -0.4 is 0 Å². The molecule has 74 valence electrons. The van der Waals surface area contributed by atoms with E-state index in [9.17, 15) is 4.79 Å². The molecule has 0 bridgehead atoms. The highest BCUT2D eigenvalue weighted by Crippen LogP contribution is 2.08. The van der Waals surface area contributed by atoms with E-state index in [-0.39, 0.29) is 5.97 Å². The molecule has 1 aliphatic rings. The van der Waals surface area contributed by atoms with Crippen molar-refractivity contribution in [1.82, 2.24) is 4.90 Å². The number of carbonyl (C=O) groups excluding carboxylic acids is 1. The molecule has 3 nitrogen and oxygen atoms in total. The predicted octanol–water partition coefficient (Wildman–Crippen LogP) is 1.11. The Morgan fingerprint density at radius 1 is 1.54 bits per heavy atom. The summed E-state index contributed by atoms with van der Waals surface area (Å²) < 4.78 is 5.02. The van der Waals surface area contributed by atoms with Crippen LogP contribution in [0.4, 0.5) is 0 Å². The van der Waals surface area contributed by atoms with Crippen molar-refractivity contribution >= 4 is 17.7 Å². The van der Waals surface area contributed by atoms with Gasteiger partial charge in [-0.3, -0.25) is 4.90 Å². The van der Waals surface area contributed by atoms with Crippen molar-refractivity contribution in [3.05, 3.63) is 12.2 Å². The first kappa shape index (κ1) is 10.6. The minimum atomic E-state index is -0.293. The van der Waals surface area contributed by atoms with Crippen molar-refractivity contribution in [2.45, 2.75) is 6.92 Å². The molecule has 1 saturated heterocycles. The molecule has 0 unspecified atom stereocenters. The smallest absolute Gasteiger partial charge is 0.334 e. The topological polar surface area (TPSA) is 29.5 Å². The second kappa shape index (κ2) is 5.29.